The van der Waals surface area contributed by atoms with Crippen molar-refractivity contribution in [3.63, 3.8) is 0 Å². The molecule has 0 radical (unpaired) electrons. The van der Waals surface area contributed by atoms with E-state index < -0.39 is 29.1 Å². The first-order valence-corrected chi connectivity index (χ1v) is 10.9. The summed E-state index contributed by atoms with van der Waals surface area (Å²) in [5.41, 5.74) is 8.18. The fraction of sp³-hybridized carbons (Fsp3) is 0.148. The van der Waals surface area contributed by atoms with Gasteiger partial charge in [0.15, 0.2) is 12.0 Å². The average Bonchev–Trinajstić information content (AvgIpc) is 3.13. The fourth-order valence-corrected chi connectivity index (χ4v) is 4.30. The minimum Gasteiger partial charge on any atom is -0.484 e. The van der Waals surface area contributed by atoms with Gasteiger partial charge in [-0.2, -0.15) is 0 Å². The van der Waals surface area contributed by atoms with E-state index >= 15 is 0 Å². The molecule has 1 atom stereocenters. The van der Waals surface area contributed by atoms with E-state index in [0.717, 1.165) is 17.2 Å². The summed E-state index contributed by atoms with van der Waals surface area (Å²) in [6.45, 7) is 3.63. The standard InChI is InChI=1S/C27H21FN2O5/c1-14-3-7-18(11-15(14)2)30-24(16-4-8-19(9-5-16)34-13-22(29)31)23-25(32)20-12-17(28)6-10-21(20)35-26(23)27(30)33/h3-12,24H,13H2,1-2H3,(H2,29,31). The molecule has 7 nitrogen and oxygen atoms in total. The van der Waals surface area contributed by atoms with Crippen molar-refractivity contribution in [3.8, 4) is 5.75 Å². The van der Waals surface area contributed by atoms with Gasteiger partial charge in [-0.1, -0.05) is 18.2 Å². The van der Waals surface area contributed by atoms with Gasteiger partial charge in [-0.05, 0) is 73.0 Å². The lowest BCUT2D eigenvalue weighted by Crippen LogP contribution is -2.29. The number of hydrogen-bond acceptors (Lipinski definition) is 5. The number of carbonyl (C=O) groups excluding carboxylic acids is 2. The second-order valence-corrected chi connectivity index (χ2v) is 8.48. The molecule has 2 heterocycles. The summed E-state index contributed by atoms with van der Waals surface area (Å²) < 4.78 is 25.2. The first kappa shape index (κ1) is 22.3. The number of aryl methyl sites for hydroxylation is 2. The predicted octanol–water partition coefficient (Wildman–Crippen LogP) is 4.16. The van der Waals surface area contributed by atoms with Crippen molar-refractivity contribution in [1.82, 2.24) is 0 Å². The molecule has 1 aliphatic rings. The van der Waals surface area contributed by atoms with Crippen LogP contribution in [0.15, 0.2) is 69.9 Å². The van der Waals surface area contributed by atoms with Crippen LogP contribution in [0.1, 0.15) is 38.9 Å². The van der Waals surface area contributed by atoms with Crippen molar-refractivity contribution < 1.29 is 23.1 Å². The molecular formula is C27H21FN2O5. The Morgan fingerprint density at radius 1 is 1.03 bits per heavy atom. The highest BCUT2D eigenvalue weighted by atomic mass is 19.1. The second-order valence-electron chi connectivity index (χ2n) is 8.48. The second kappa shape index (κ2) is 8.39. The zero-order valence-corrected chi connectivity index (χ0v) is 19.0. The first-order chi connectivity index (χ1) is 16.7. The smallest absolute Gasteiger partial charge is 0.295 e. The number of nitrogens with zero attached hydrogens (tertiary/aromatic N) is 1. The van der Waals surface area contributed by atoms with Crippen LogP contribution in [0.4, 0.5) is 10.1 Å². The van der Waals surface area contributed by atoms with E-state index in [1.54, 1.807) is 24.3 Å². The lowest BCUT2D eigenvalue weighted by atomic mass is 9.97. The van der Waals surface area contributed by atoms with Crippen LogP contribution < -0.4 is 20.8 Å². The highest BCUT2D eigenvalue weighted by Crippen LogP contribution is 2.42. The Bertz CT molecular complexity index is 1560. The third-order valence-electron chi connectivity index (χ3n) is 6.18. The number of anilines is 1. The molecule has 2 N–H and O–H groups in total. The van der Waals surface area contributed by atoms with Crippen LogP contribution in [-0.2, 0) is 4.79 Å². The zero-order chi connectivity index (χ0) is 24.9. The number of fused-ring (bicyclic) bond motifs is 2. The number of primary amides is 1. The Balaban J connectivity index is 1.71. The molecule has 35 heavy (non-hydrogen) atoms. The van der Waals surface area contributed by atoms with Gasteiger partial charge >= 0.3 is 0 Å². The monoisotopic (exact) mass is 472 g/mol. The Labute approximate surface area is 199 Å². The average molecular weight is 472 g/mol. The van der Waals surface area contributed by atoms with Gasteiger partial charge < -0.3 is 14.9 Å². The minimum absolute atomic E-state index is 0.0601. The predicted molar refractivity (Wildman–Crippen MR) is 128 cm³/mol. The molecule has 0 spiro atoms. The van der Waals surface area contributed by atoms with Gasteiger partial charge in [0.2, 0.25) is 5.76 Å². The summed E-state index contributed by atoms with van der Waals surface area (Å²) in [6, 6.07) is 15.1. The molecule has 0 fully saturated rings. The number of amides is 2. The quantitative estimate of drug-likeness (QED) is 0.470. The molecule has 1 aliphatic heterocycles. The van der Waals surface area contributed by atoms with Gasteiger partial charge in [-0.3, -0.25) is 19.3 Å². The van der Waals surface area contributed by atoms with Crippen LogP contribution in [-0.4, -0.2) is 18.4 Å². The number of carbonyl (C=O) groups is 2. The maximum Gasteiger partial charge on any atom is 0.295 e. The summed E-state index contributed by atoms with van der Waals surface area (Å²) in [4.78, 5) is 39.7. The summed E-state index contributed by atoms with van der Waals surface area (Å²) in [5.74, 6) is -1.32. The summed E-state index contributed by atoms with van der Waals surface area (Å²) in [6.07, 6.45) is 0. The van der Waals surface area contributed by atoms with Crippen molar-refractivity contribution in [2.24, 2.45) is 5.73 Å². The number of nitrogens with two attached hydrogens (primary N) is 1. The molecular weight excluding hydrogens is 451 g/mol. The molecule has 5 rings (SSSR count). The van der Waals surface area contributed by atoms with Crippen LogP contribution in [0.5, 0.6) is 5.75 Å². The molecule has 0 aliphatic carbocycles. The lowest BCUT2D eigenvalue weighted by molar-refractivity contribution is -0.119. The van der Waals surface area contributed by atoms with Gasteiger partial charge in [0.25, 0.3) is 11.8 Å². The van der Waals surface area contributed by atoms with Crippen molar-refractivity contribution >= 4 is 28.5 Å². The lowest BCUT2D eigenvalue weighted by Gasteiger charge is -2.26. The third kappa shape index (κ3) is 3.82. The summed E-state index contributed by atoms with van der Waals surface area (Å²) in [7, 11) is 0. The number of ether oxygens (including phenoxy) is 1. The van der Waals surface area contributed by atoms with Crippen molar-refractivity contribution in [2.45, 2.75) is 19.9 Å². The molecule has 0 saturated heterocycles. The highest BCUT2D eigenvalue weighted by molar-refractivity contribution is 6.10. The highest BCUT2D eigenvalue weighted by Gasteiger charge is 2.43. The molecule has 0 bridgehead atoms. The van der Waals surface area contributed by atoms with E-state index in [4.69, 9.17) is 14.9 Å². The topological polar surface area (TPSA) is 103 Å². The van der Waals surface area contributed by atoms with Crippen LogP contribution >= 0.6 is 0 Å². The van der Waals surface area contributed by atoms with Crippen molar-refractivity contribution in [3.05, 3.63) is 105 Å². The molecule has 0 saturated carbocycles. The van der Waals surface area contributed by atoms with E-state index in [9.17, 15) is 18.8 Å². The Morgan fingerprint density at radius 2 is 1.77 bits per heavy atom. The third-order valence-corrected chi connectivity index (χ3v) is 6.18. The molecule has 2 amide bonds. The van der Waals surface area contributed by atoms with Crippen LogP contribution in [0.25, 0.3) is 11.0 Å². The number of halogens is 1. The molecule has 3 aromatic carbocycles. The van der Waals surface area contributed by atoms with E-state index in [-0.39, 0.29) is 28.9 Å². The van der Waals surface area contributed by atoms with E-state index in [2.05, 4.69) is 0 Å². The normalized spacial score (nSPS) is 14.9. The van der Waals surface area contributed by atoms with E-state index in [1.807, 2.05) is 32.0 Å². The van der Waals surface area contributed by atoms with Crippen molar-refractivity contribution in [2.75, 3.05) is 11.5 Å². The molecule has 4 aromatic rings. The van der Waals surface area contributed by atoms with Gasteiger partial charge in [0.1, 0.15) is 17.1 Å². The van der Waals surface area contributed by atoms with Crippen LogP contribution in [0.3, 0.4) is 0 Å². The molecule has 1 unspecified atom stereocenters. The van der Waals surface area contributed by atoms with Gasteiger partial charge in [0, 0.05) is 5.69 Å². The fourth-order valence-electron chi connectivity index (χ4n) is 4.30. The summed E-state index contributed by atoms with van der Waals surface area (Å²) in [5, 5.41) is 0.0601. The maximum absolute atomic E-state index is 14.0. The number of benzene rings is 3. The Hall–Kier alpha value is -4.46. The van der Waals surface area contributed by atoms with Crippen LogP contribution in [0, 0.1) is 19.7 Å². The van der Waals surface area contributed by atoms with Gasteiger partial charge in [0.05, 0.1) is 17.0 Å². The van der Waals surface area contributed by atoms with E-state index in [1.165, 1.54) is 17.0 Å². The largest absolute Gasteiger partial charge is 0.484 e. The maximum atomic E-state index is 14.0. The van der Waals surface area contributed by atoms with E-state index in [0.29, 0.717) is 17.0 Å². The number of hydrogen-bond donors (Lipinski definition) is 1. The van der Waals surface area contributed by atoms with Gasteiger partial charge in [-0.25, -0.2) is 4.39 Å². The van der Waals surface area contributed by atoms with Crippen molar-refractivity contribution in [1.29, 1.82) is 0 Å². The SMILES string of the molecule is Cc1ccc(N2C(=O)c3oc4ccc(F)cc4c(=O)c3C2c2ccc(OCC(N)=O)cc2)cc1C. The minimum atomic E-state index is -0.811. The Kier molecular flexibility index (Phi) is 5.36. The Morgan fingerprint density at radius 3 is 2.46 bits per heavy atom. The zero-order valence-electron chi connectivity index (χ0n) is 19.0. The molecule has 8 heteroatoms. The number of rotatable bonds is 5. The molecule has 176 valence electrons. The first-order valence-electron chi connectivity index (χ1n) is 10.9. The van der Waals surface area contributed by atoms with Gasteiger partial charge in [-0.15, -0.1) is 0 Å². The summed E-state index contributed by atoms with van der Waals surface area (Å²) >= 11 is 0. The molecule has 1 aromatic heterocycles. The van der Waals surface area contributed by atoms with Crippen LogP contribution in [0.2, 0.25) is 0 Å².